The van der Waals surface area contributed by atoms with Gasteiger partial charge in [-0.25, -0.2) is 13.9 Å². The standard InChI is InChI=1S/C22H24FN5O2/c1-22(2)11-19-15(12-24-28(19)18-9-5-4-7-16(18)23)13-27(14-22)21(30)25-17-8-6-10-26(3)20(17)29/h4-10,12H,11,13-14H2,1-3H3,(H,25,30). The molecule has 1 aliphatic rings. The fourth-order valence-corrected chi connectivity index (χ4v) is 3.88. The quantitative estimate of drug-likeness (QED) is 0.706. The molecule has 2 aromatic heterocycles. The van der Waals surface area contributed by atoms with Crippen molar-refractivity contribution in [1.29, 1.82) is 0 Å². The number of para-hydroxylation sites is 1. The fraction of sp³-hybridized carbons (Fsp3) is 0.318. The number of aromatic nitrogens is 3. The Morgan fingerprint density at radius 1 is 1.20 bits per heavy atom. The number of urea groups is 1. The van der Waals surface area contributed by atoms with Crippen molar-refractivity contribution in [3.8, 4) is 5.69 Å². The molecule has 3 aromatic rings. The SMILES string of the molecule is Cn1cccc(NC(=O)N2Cc3cnn(-c4ccccc4F)c3CC(C)(C)C2)c1=O. The molecule has 1 aromatic carbocycles. The van der Waals surface area contributed by atoms with Crippen LogP contribution in [0.5, 0.6) is 0 Å². The van der Waals surface area contributed by atoms with E-state index in [9.17, 15) is 14.0 Å². The van der Waals surface area contributed by atoms with Gasteiger partial charge in [-0.3, -0.25) is 4.79 Å². The summed E-state index contributed by atoms with van der Waals surface area (Å²) in [6, 6.07) is 9.46. The molecule has 0 aliphatic carbocycles. The van der Waals surface area contributed by atoms with E-state index in [0.717, 1.165) is 11.3 Å². The van der Waals surface area contributed by atoms with E-state index in [1.807, 2.05) is 0 Å². The molecular weight excluding hydrogens is 385 g/mol. The molecule has 7 nitrogen and oxygen atoms in total. The van der Waals surface area contributed by atoms with Crippen molar-refractivity contribution >= 4 is 11.7 Å². The Morgan fingerprint density at radius 3 is 2.73 bits per heavy atom. The molecule has 1 N–H and O–H groups in total. The number of carbonyl (C=O) groups is 1. The minimum absolute atomic E-state index is 0.231. The third-order valence-corrected chi connectivity index (χ3v) is 5.31. The van der Waals surface area contributed by atoms with Crippen LogP contribution in [0, 0.1) is 11.2 Å². The molecule has 0 spiro atoms. The van der Waals surface area contributed by atoms with Crippen LogP contribution in [0.3, 0.4) is 0 Å². The maximum absolute atomic E-state index is 14.4. The van der Waals surface area contributed by atoms with Gasteiger partial charge in [0.1, 0.15) is 17.2 Å². The molecule has 3 heterocycles. The van der Waals surface area contributed by atoms with Crippen LogP contribution in [0.4, 0.5) is 14.9 Å². The molecule has 0 fully saturated rings. The predicted octanol–water partition coefficient (Wildman–Crippen LogP) is 3.33. The number of nitrogens with one attached hydrogen (secondary N) is 1. The number of hydrogen-bond acceptors (Lipinski definition) is 3. The molecule has 0 bridgehead atoms. The van der Waals surface area contributed by atoms with Gasteiger partial charge < -0.3 is 14.8 Å². The molecule has 0 radical (unpaired) electrons. The van der Waals surface area contributed by atoms with Crippen LogP contribution in [-0.4, -0.2) is 31.8 Å². The smallest absolute Gasteiger partial charge is 0.320 e. The van der Waals surface area contributed by atoms with Gasteiger partial charge in [-0.05, 0) is 36.1 Å². The van der Waals surface area contributed by atoms with Crippen molar-refractivity contribution in [1.82, 2.24) is 19.2 Å². The third kappa shape index (κ3) is 3.72. The number of benzene rings is 1. The van der Waals surface area contributed by atoms with Crippen LogP contribution in [0.15, 0.2) is 53.6 Å². The van der Waals surface area contributed by atoms with Crippen LogP contribution in [-0.2, 0) is 20.0 Å². The highest BCUT2D eigenvalue weighted by Crippen LogP contribution is 2.32. The van der Waals surface area contributed by atoms with Crippen LogP contribution >= 0.6 is 0 Å². The molecule has 0 saturated heterocycles. The Hall–Kier alpha value is -3.42. The number of anilines is 1. The van der Waals surface area contributed by atoms with Crippen LogP contribution in [0.1, 0.15) is 25.1 Å². The molecule has 0 atom stereocenters. The maximum atomic E-state index is 14.4. The van der Waals surface area contributed by atoms with Gasteiger partial charge in [0.25, 0.3) is 5.56 Å². The number of aryl methyl sites for hydroxylation is 1. The first-order valence-electron chi connectivity index (χ1n) is 9.77. The highest BCUT2D eigenvalue weighted by atomic mass is 19.1. The number of carbonyl (C=O) groups excluding carboxylic acids is 1. The molecule has 4 rings (SSSR count). The predicted molar refractivity (Wildman–Crippen MR) is 112 cm³/mol. The summed E-state index contributed by atoms with van der Waals surface area (Å²) in [7, 11) is 1.64. The number of amides is 2. The molecule has 8 heteroatoms. The van der Waals surface area contributed by atoms with E-state index in [-0.39, 0.29) is 28.5 Å². The van der Waals surface area contributed by atoms with E-state index in [4.69, 9.17) is 0 Å². The van der Waals surface area contributed by atoms with E-state index in [1.165, 1.54) is 10.6 Å². The third-order valence-electron chi connectivity index (χ3n) is 5.31. The zero-order chi connectivity index (χ0) is 21.5. The average molecular weight is 409 g/mol. The van der Waals surface area contributed by atoms with Gasteiger partial charge in [-0.2, -0.15) is 5.10 Å². The van der Waals surface area contributed by atoms with Crippen molar-refractivity contribution in [3.63, 3.8) is 0 Å². The van der Waals surface area contributed by atoms with E-state index < -0.39 is 0 Å². The largest absolute Gasteiger partial charge is 0.322 e. The second-order valence-electron chi connectivity index (χ2n) is 8.44. The Morgan fingerprint density at radius 2 is 1.97 bits per heavy atom. The van der Waals surface area contributed by atoms with Gasteiger partial charge in [0.2, 0.25) is 0 Å². The molecular formula is C22H24FN5O2. The summed E-state index contributed by atoms with van der Waals surface area (Å²) < 4.78 is 17.4. The van der Waals surface area contributed by atoms with E-state index in [1.54, 1.807) is 59.4 Å². The van der Waals surface area contributed by atoms with Crippen molar-refractivity contribution < 1.29 is 9.18 Å². The fourth-order valence-electron chi connectivity index (χ4n) is 3.88. The minimum atomic E-state index is -0.349. The summed E-state index contributed by atoms with van der Waals surface area (Å²) in [4.78, 5) is 26.9. The molecule has 0 saturated carbocycles. The average Bonchev–Trinajstić information content (AvgIpc) is 2.99. The first-order chi connectivity index (χ1) is 14.2. The number of rotatable bonds is 2. The molecule has 30 heavy (non-hydrogen) atoms. The second kappa shape index (κ2) is 7.44. The van der Waals surface area contributed by atoms with E-state index >= 15 is 0 Å². The van der Waals surface area contributed by atoms with Gasteiger partial charge in [-0.15, -0.1) is 0 Å². The summed E-state index contributed by atoms with van der Waals surface area (Å²) in [6.45, 7) is 4.93. The molecule has 1 aliphatic heterocycles. The monoisotopic (exact) mass is 409 g/mol. The highest BCUT2D eigenvalue weighted by Gasteiger charge is 2.33. The van der Waals surface area contributed by atoms with Crippen LogP contribution in [0.25, 0.3) is 5.69 Å². The summed E-state index contributed by atoms with van der Waals surface area (Å²) in [5, 5.41) is 7.14. The van der Waals surface area contributed by atoms with Crippen molar-refractivity contribution in [3.05, 3.63) is 76.2 Å². The topological polar surface area (TPSA) is 72.2 Å². The Kier molecular flexibility index (Phi) is 4.93. The summed E-state index contributed by atoms with van der Waals surface area (Å²) in [5.74, 6) is -0.347. The highest BCUT2D eigenvalue weighted by molar-refractivity contribution is 5.89. The van der Waals surface area contributed by atoms with Gasteiger partial charge in [-0.1, -0.05) is 26.0 Å². The Bertz CT molecular complexity index is 1160. The van der Waals surface area contributed by atoms with E-state index in [2.05, 4.69) is 24.3 Å². The lowest BCUT2D eigenvalue weighted by Crippen LogP contribution is -2.41. The zero-order valence-corrected chi connectivity index (χ0v) is 17.2. The number of nitrogens with zero attached hydrogens (tertiary/aromatic N) is 4. The second-order valence-corrected chi connectivity index (χ2v) is 8.44. The number of halogens is 1. The maximum Gasteiger partial charge on any atom is 0.322 e. The van der Waals surface area contributed by atoms with Crippen molar-refractivity contribution in [2.75, 3.05) is 11.9 Å². The molecule has 156 valence electrons. The van der Waals surface area contributed by atoms with Crippen LogP contribution < -0.4 is 10.9 Å². The summed E-state index contributed by atoms with van der Waals surface area (Å²) in [5.41, 5.74) is 1.83. The van der Waals surface area contributed by atoms with Crippen molar-refractivity contribution in [2.24, 2.45) is 12.5 Å². The van der Waals surface area contributed by atoms with Gasteiger partial charge >= 0.3 is 6.03 Å². The molecule has 0 unspecified atom stereocenters. The Labute approximate surface area is 173 Å². The number of fused-ring (bicyclic) bond motifs is 1. The Balaban J connectivity index is 1.66. The molecule has 2 amide bonds. The van der Waals surface area contributed by atoms with E-state index in [0.29, 0.717) is 25.2 Å². The lowest BCUT2D eigenvalue weighted by atomic mass is 9.87. The number of pyridine rings is 1. The summed E-state index contributed by atoms with van der Waals surface area (Å²) >= 11 is 0. The normalized spacial score (nSPS) is 15.4. The zero-order valence-electron chi connectivity index (χ0n) is 17.2. The van der Waals surface area contributed by atoms with Crippen LogP contribution in [0.2, 0.25) is 0 Å². The van der Waals surface area contributed by atoms with Gasteiger partial charge in [0, 0.05) is 31.0 Å². The lowest BCUT2D eigenvalue weighted by molar-refractivity contribution is 0.180. The van der Waals surface area contributed by atoms with Gasteiger partial charge in [0.05, 0.1) is 12.7 Å². The number of hydrogen-bond donors (Lipinski definition) is 1. The minimum Gasteiger partial charge on any atom is -0.320 e. The lowest BCUT2D eigenvalue weighted by Gasteiger charge is -2.29. The van der Waals surface area contributed by atoms with Crippen molar-refractivity contribution in [2.45, 2.75) is 26.8 Å². The van der Waals surface area contributed by atoms with Gasteiger partial charge in [0.15, 0.2) is 0 Å². The first-order valence-corrected chi connectivity index (χ1v) is 9.77. The summed E-state index contributed by atoms with van der Waals surface area (Å²) in [6.07, 6.45) is 3.95. The first kappa shape index (κ1) is 19.9.